The molecular weight excluding hydrogens is 224 g/mol. The molecule has 0 heterocycles. The predicted octanol–water partition coefficient (Wildman–Crippen LogP) is 3.45. The Balaban J connectivity index is 2.88. The molecule has 0 bridgehead atoms. The molecule has 0 aliphatic heterocycles. The van der Waals surface area contributed by atoms with E-state index in [1.165, 1.54) is 0 Å². The Kier molecular flexibility index (Phi) is 4.76. The minimum Gasteiger partial charge on any atom is -0.399 e. The standard InChI is InChI=1S/C15H24N2O/c1-5-10-17(14(18)11-15(2,3)4)13-8-6-12(16)7-9-13/h6-9H,5,10-11,16H2,1-4H3. The maximum atomic E-state index is 12.3. The van der Waals surface area contributed by atoms with Gasteiger partial charge in [0.15, 0.2) is 0 Å². The van der Waals surface area contributed by atoms with E-state index in [2.05, 4.69) is 27.7 Å². The fourth-order valence-corrected chi connectivity index (χ4v) is 1.82. The average Bonchev–Trinajstić information content (AvgIpc) is 2.25. The van der Waals surface area contributed by atoms with Crippen LogP contribution in [0.1, 0.15) is 40.5 Å². The molecule has 0 aliphatic rings. The maximum Gasteiger partial charge on any atom is 0.227 e. The quantitative estimate of drug-likeness (QED) is 0.830. The summed E-state index contributed by atoms with van der Waals surface area (Å²) in [5, 5.41) is 0. The Bertz CT molecular complexity index is 390. The smallest absolute Gasteiger partial charge is 0.227 e. The second-order valence-corrected chi connectivity index (χ2v) is 5.87. The van der Waals surface area contributed by atoms with Crippen LogP contribution in [0.3, 0.4) is 0 Å². The van der Waals surface area contributed by atoms with Gasteiger partial charge in [-0.3, -0.25) is 4.79 Å². The monoisotopic (exact) mass is 248 g/mol. The van der Waals surface area contributed by atoms with Gasteiger partial charge in [-0.2, -0.15) is 0 Å². The van der Waals surface area contributed by atoms with Gasteiger partial charge in [-0.15, -0.1) is 0 Å². The number of hydrogen-bond donors (Lipinski definition) is 1. The minimum atomic E-state index is 0.0108. The molecule has 0 aliphatic carbocycles. The van der Waals surface area contributed by atoms with Gasteiger partial charge in [0, 0.05) is 24.3 Å². The SMILES string of the molecule is CCCN(C(=O)CC(C)(C)C)c1ccc(N)cc1. The molecule has 1 amide bonds. The van der Waals surface area contributed by atoms with Crippen molar-refractivity contribution in [3.63, 3.8) is 0 Å². The van der Waals surface area contributed by atoms with Gasteiger partial charge >= 0.3 is 0 Å². The van der Waals surface area contributed by atoms with Crippen LogP contribution < -0.4 is 10.6 Å². The molecule has 100 valence electrons. The molecule has 3 nitrogen and oxygen atoms in total. The summed E-state index contributed by atoms with van der Waals surface area (Å²) in [6.45, 7) is 9.07. The number of anilines is 2. The van der Waals surface area contributed by atoms with E-state index in [4.69, 9.17) is 5.73 Å². The third kappa shape index (κ3) is 4.40. The van der Waals surface area contributed by atoms with Crippen LogP contribution in [0.5, 0.6) is 0 Å². The molecule has 0 unspecified atom stereocenters. The summed E-state index contributed by atoms with van der Waals surface area (Å²) in [5.74, 6) is 0.175. The zero-order valence-electron chi connectivity index (χ0n) is 11.9. The van der Waals surface area contributed by atoms with Crippen LogP contribution in [0.2, 0.25) is 0 Å². The normalized spacial score (nSPS) is 11.3. The van der Waals surface area contributed by atoms with Gasteiger partial charge in [0.1, 0.15) is 0 Å². The number of hydrogen-bond acceptors (Lipinski definition) is 2. The summed E-state index contributed by atoms with van der Waals surface area (Å²) in [7, 11) is 0. The molecule has 0 radical (unpaired) electrons. The molecule has 3 heteroatoms. The largest absolute Gasteiger partial charge is 0.399 e. The number of carbonyl (C=O) groups excluding carboxylic acids is 1. The highest BCUT2D eigenvalue weighted by Gasteiger charge is 2.21. The highest BCUT2D eigenvalue weighted by atomic mass is 16.2. The zero-order valence-corrected chi connectivity index (χ0v) is 11.9. The molecule has 0 saturated carbocycles. The molecular formula is C15H24N2O. The van der Waals surface area contributed by atoms with Gasteiger partial charge in [-0.1, -0.05) is 27.7 Å². The molecule has 0 spiro atoms. The lowest BCUT2D eigenvalue weighted by Crippen LogP contribution is -2.34. The van der Waals surface area contributed by atoms with Crippen LogP contribution in [0.25, 0.3) is 0 Å². The summed E-state index contributed by atoms with van der Waals surface area (Å²) in [6.07, 6.45) is 1.50. The van der Waals surface area contributed by atoms with E-state index in [0.717, 1.165) is 24.3 Å². The van der Waals surface area contributed by atoms with E-state index < -0.39 is 0 Å². The van der Waals surface area contributed by atoms with Crippen molar-refractivity contribution in [1.82, 2.24) is 0 Å². The average molecular weight is 248 g/mol. The molecule has 1 aromatic rings. The van der Waals surface area contributed by atoms with Crippen LogP contribution in [0.15, 0.2) is 24.3 Å². The highest BCUT2D eigenvalue weighted by Crippen LogP contribution is 2.23. The van der Waals surface area contributed by atoms with Gasteiger partial charge in [0.05, 0.1) is 0 Å². The van der Waals surface area contributed by atoms with Crippen molar-refractivity contribution in [2.75, 3.05) is 17.2 Å². The fourth-order valence-electron chi connectivity index (χ4n) is 1.82. The molecule has 18 heavy (non-hydrogen) atoms. The van der Waals surface area contributed by atoms with E-state index in [9.17, 15) is 4.79 Å². The Morgan fingerprint density at radius 3 is 2.22 bits per heavy atom. The Morgan fingerprint density at radius 2 is 1.78 bits per heavy atom. The summed E-state index contributed by atoms with van der Waals surface area (Å²) >= 11 is 0. The number of rotatable bonds is 4. The lowest BCUT2D eigenvalue weighted by Gasteiger charge is -2.26. The van der Waals surface area contributed by atoms with Crippen molar-refractivity contribution < 1.29 is 4.79 Å². The minimum absolute atomic E-state index is 0.0108. The fraction of sp³-hybridized carbons (Fsp3) is 0.533. The van der Waals surface area contributed by atoms with E-state index in [-0.39, 0.29) is 11.3 Å². The summed E-state index contributed by atoms with van der Waals surface area (Å²) in [5.41, 5.74) is 7.34. The second kappa shape index (κ2) is 5.89. The van der Waals surface area contributed by atoms with Crippen LogP contribution in [-0.2, 0) is 4.79 Å². The highest BCUT2D eigenvalue weighted by molar-refractivity contribution is 5.93. The van der Waals surface area contributed by atoms with Crippen LogP contribution in [0, 0.1) is 5.41 Å². The Labute approximate surface area is 110 Å². The first-order valence-corrected chi connectivity index (χ1v) is 6.49. The van der Waals surface area contributed by atoms with Gasteiger partial charge in [0.2, 0.25) is 5.91 Å². The predicted molar refractivity (Wildman–Crippen MR) is 77.6 cm³/mol. The maximum absolute atomic E-state index is 12.3. The van der Waals surface area contributed by atoms with Gasteiger partial charge in [-0.05, 0) is 36.1 Å². The molecule has 1 aromatic carbocycles. The number of benzene rings is 1. The van der Waals surface area contributed by atoms with Crippen molar-refractivity contribution in [2.45, 2.75) is 40.5 Å². The first-order chi connectivity index (χ1) is 8.33. The molecule has 2 N–H and O–H groups in total. The first kappa shape index (κ1) is 14.6. The zero-order chi connectivity index (χ0) is 13.8. The van der Waals surface area contributed by atoms with Crippen molar-refractivity contribution in [3.8, 4) is 0 Å². The van der Waals surface area contributed by atoms with E-state index in [1.54, 1.807) is 0 Å². The van der Waals surface area contributed by atoms with Crippen molar-refractivity contribution >= 4 is 17.3 Å². The molecule has 0 aromatic heterocycles. The number of nitrogen functional groups attached to an aromatic ring is 1. The lowest BCUT2D eigenvalue weighted by molar-refractivity contribution is -0.120. The van der Waals surface area contributed by atoms with E-state index in [0.29, 0.717) is 6.42 Å². The second-order valence-electron chi connectivity index (χ2n) is 5.87. The molecule has 0 atom stereocenters. The topological polar surface area (TPSA) is 46.3 Å². The van der Waals surface area contributed by atoms with Gasteiger partial charge in [-0.25, -0.2) is 0 Å². The number of nitrogens with zero attached hydrogens (tertiary/aromatic N) is 1. The Morgan fingerprint density at radius 1 is 1.22 bits per heavy atom. The third-order valence-corrected chi connectivity index (χ3v) is 2.63. The molecule has 1 rings (SSSR count). The van der Waals surface area contributed by atoms with Crippen molar-refractivity contribution in [2.24, 2.45) is 5.41 Å². The lowest BCUT2D eigenvalue weighted by atomic mass is 9.91. The third-order valence-electron chi connectivity index (χ3n) is 2.63. The Hall–Kier alpha value is -1.51. The molecule has 0 saturated heterocycles. The van der Waals surface area contributed by atoms with E-state index in [1.807, 2.05) is 29.2 Å². The van der Waals surface area contributed by atoms with Gasteiger partial charge < -0.3 is 10.6 Å². The number of carbonyl (C=O) groups is 1. The number of nitrogens with two attached hydrogens (primary N) is 1. The van der Waals surface area contributed by atoms with Gasteiger partial charge in [0.25, 0.3) is 0 Å². The van der Waals surface area contributed by atoms with Crippen molar-refractivity contribution in [3.05, 3.63) is 24.3 Å². The van der Waals surface area contributed by atoms with Crippen LogP contribution >= 0.6 is 0 Å². The van der Waals surface area contributed by atoms with E-state index >= 15 is 0 Å². The molecule has 0 fully saturated rings. The summed E-state index contributed by atoms with van der Waals surface area (Å²) in [4.78, 5) is 14.2. The number of amides is 1. The summed E-state index contributed by atoms with van der Waals surface area (Å²) in [6, 6.07) is 7.49. The summed E-state index contributed by atoms with van der Waals surface area (Å²) < 4.78 is 0. The first-order valence-electron chi connectivity index (χ1n) is 6.49. The van der Waals surface area contributed by atoms with Crippen LogP contribution in [-0.4, -0.2) is 12.5 Å². The van der Waals surface area contributed by atoms with Crippen LogP contribution in [0.4, 0.5) is 11.4 Å². The van der Waals surface area contributed by atoms with Crippen molar-refractivity contribution in [1.29, 1.82) is 0 Å².